The molecule has 0 unspecified atom stereocenters. The monoisotopic (exact) mass is 291 g/mol. The van der Waals surface area contributed by atoms with Crippen LogP contribution < -0.4 is 5.32 Å². The summed E-state index contributed by atoms with van der Waals surface area (Å²) in [7, 11) is 2.06. The van der Waals surface area contributed by atoms with Crippen molar-refractivity contribution in [2.75, 3.05) is 20.1 Å². The lowest BCUT2D eigenvalue weighted by atomic mass is 10.0. The van der Waals surface area contributed by atoms with Crippen molar-refractivity contribution >= 4 is 23.3 Å². The van der Waals surface area contributed by atoms with Gasteiger partial charge in [0.25, 0.3) is 0 Å². The van der Waals surface area contributed by atoms with Crippen molar-refractivity contribution in [1.82, 2.24) is 15.2 Å². The zero-order valence-electron chi connectivity index (χ0n) is 11.9. The molecule has 0 aliphatic carbocycles. The molecule has 1 aliphatic rings. The average molecular weight is 292 g/mol. The smallest absolute Gasteiger partial charge is 0.0702 e. The highest BCUT2D eigenvalue weighted by molar-refractivity contribution is 5.85. The molecule has 2 heterocycles. The number of benzene rings is 1. The Kier molecular flexibility index (Phi) is 5.35. The number of likely N-dealkylation sites (tertiary alicyclic amines) is 1. The maximum atomic E-state index is 4.54. The minimum absolute atomic E-state index is 0. The van der Waals surface area contributed by atoms with E-state index in [4.69, 9.17) is 0 Å². The number of pyridine rings is 1. The molecule has 1 aliphatic heterocycles. The Morgan fingerprint density at radius 1 is 1.25 bits per heavy atom. The predicted molar refractivity (Wildman–Crippen MR) is 86.3 cm³/mol. The van der Waals surface area contributed by atoms with Crippen molar-refractivity contribution in [3.8, 4) is 0 Å². The van der Waals surface area contributed by atoms with Crippen LogP contribution in [0.15, 0.2) is 36.5 Å². The van der Waals surface area contributed by atoms with E-state index in [1.807, 2.05) is 12.3 Å². The third kappa shape index (κ3) is 3.48. The Labute approximate surface area is 126 Å². The van der Waals surface area contributed by atoms with E-state index in [9.17, 15) is 0 Å². The highest BCUT2D eigenvalue weighted by atomic mass is 35.5. The normalized spacial score (nSPS) is 17.1. The van der Waals surface area contributed by atoms with Crippen LogP contribution in [-0.2, 0) is 6.54 Å². The highest BCUT2D eigenvalue weighted by Gasteiger charge is 2.17. The first kappa shape index (κ1) is 15.2. The van der Waals surface area contributed by atoms with Gasteiger partial charge in [-0.15, -0.1) is 12.4 Å². The number of hydrogen-bond acceptors (Lipinski definition) is 3. The van der Waals surface area contributed by atoms with Gasteiger partial charge >= 0.3 is 0 Å². The zero-order valence-corrected chi connectivity index (χ0v) is 12.7. The molecule has 1 aromatic heterocycles. The van der Waals surface area contributed by atoms with E-state index >= 15 is 0 Å². The molecule has 3 nitrogen and oxygen atoms in total. The van der Waals surface area contributed by atoms with Crippen LogP contribution in [0.2, 0.25) is 0 Å². The Morgan fingerprint density at radius 3 is 2.75 bits per heavy atom. The molecule has 1 N–H and O–H groups in total. The topological polar surface area (TPSA) is 28.2 Å². The van der Waals surface area contributed by atoms with Gasteiger partial charge in [0.15, 0.2) is 0 Å². The van der Waals surface area contributed by atoms with Crippen molar-refractivity contribution < 1.29 is 0 Å². The number of para-hydroxylation sites is 1. The number of aromatic nitrogens is 1. The standard InChI is InChI=1S/C16H21N3.ClH/c1-17-15-6-8-19(9-7-15)12-13-10-14-4-2-3-5-16(14)18-11-13;/h2-5,10-11,15,17H,6-9,12H2,1H3;1H. The molecule has 108 valence electrons. The molecule has 3 rings (SSSR count). The number of piperidine rings is 1. The maximum absolute atomic E-state index is 4.54. The summed E-state index contributed by atoms with van der Waals surface area (Å²) in [4.78, 5) is 7.07. The van der Waals surface area contributed by atoms with Gasteiger partial charge in [0.1, 0.15) is 0 Å². The minimum atomic E-state index is 0. The molecule has 0 radical (unpaired) electrons. The lowest BCUT2D eigenvalue weighted by Crippen LogP contribution is -2.40. The molecule has 0 spiro atoms. The fraction of sp³-hybridized carbons (Fsp3) is 0.438. The van der Waals surface area contributed by atoms with Crippen LogP contribution in [0.5, 0.6) is 0 Å². The molecule has 1 aromatic carbocycles. The SMILES string of the molecule is CNC1CCN(Cc2cnc3ccccc3c2)CC1.Cl. The van der Waals surface area contributed by atoms with Crippen LogP contribution in [0.4, 0.5) is 0 Å². The van der Waals surface area contributed by atoms with Gasteiger partial charge in [-0.3, -0.25) is 9.88 Å². The molecular formula is C16H22ClN3. The van der Waals surface area contributed by atoms with E-state index in [1.54, 1.807) is 0 Å². The third-order valence-corrected chi connectivity index (χ3v) is 4.05. The van der Waals surface area contributed by atoms with E-state index in [0.29, 0.717) is 6.04 Å². The molecule has 0 saturated carbocycles. The Balaban J connectivity index is 0.00000147. The quantitative estimate of drug-likeness (QED) is 0.942. The van der Waals surface area contributed by atoms with Gasteiger partial charge < -0.3 is 5.32 Å². The second kappa shape index (κ2) is 7.02. The zero-order chi connectivity index (χ0) is 13.1. The van der Waals surface area contributed by atoms with Crippen LogP contribution in [-0.4, -0.2) is 36.1 Å². The first-order valence-electron chi connectivity index (χ1n) is 7.08. The van der Waals surface area contributed by atoms with Crippen LogP contribution in [0.25, 0.3) is 10.9 Å². The van der Waals surface area contributed by atoms with Crippen LogP contribution >= 0.6 is 12.4 Å². The van der Waals surface area contributed by atoms with Gasteiger partial charge in [-0.1, -0.05) is 18.2 Å². The Bertz CT molecular complexity index is 550. The summed E-state index contributed by atoms with van der Waals surface area (Å²) >= 11 is 0. The second-order valence-corrected chi connectivity index (χ2v) is 5.38. The first-order chi connectivity index (χ1) is 9.35. The summed E-state index contributed by atoms with van der Waals surface area (Å²) in [5.41, 5.74) is 2.40. The van der Waals surface area contributed by atoms with Crippen molar-refractivity contribution in [3.63, 3.8) is 0 Å². The number of nitrogens with zero attached hydrogens (tertiary/aromatic N) is 2. The summed E-state index contributed by atoms with van der Waals surface area (Å²) in [6.45, 7) is 3.38. The fourth-order valence-corrected chi connectivity index (χ4v) is 2.84. The molecule has 20 heavy (non-hydrogen) atoms. The van der Waals surface area contributed by atoms with E-state index < -0.39 is 0 Å². The van der Waals surface area contributed by atoms with Gasteiger partial charge in [-0.25, -0.2) is 0 Å². The van der Waals surface area contributed by atoms with Gasteiger partial charge in [0, 0.05) is 24.2 Å². The molecule has 0 atom stereocenters. The van der Waals surface area contributed by atoms with Crippen LogP contribution in [0, 0.1) is 0 Å². The first-order valence-corrected chi connectivity index (χ1v) is 7.08. The molecule has 0 bridgehead atoms. The Morgan fingerprint density at radius 2 is 2.00 bits per heavy atom. The number of hydrogen-bond donors (Lipinski definition) is 1. The molecule has 1 fully saturated rings. The van der Waals surface area contributed by atoms with E-state index in [0.717, 1.165) is 12.1 Å². The lowest BCUT2D eigenvalue weighted by Gasteiger charge is -2.31. The van der Waals surface area contributed by atoms with Crippen LogP contribution in [0.1, 0.15) is 18.4 Å². The predicted octanol–water partition coefficient (Wildman–Crippen LogP) is 2.84. The Hall–Kier alpha value is -1.16. The summed E-state index contributed by atoms with van der Waals surface area (Å²) in [5.74, 6) is 0. The largest absolute Gasteiger partial charge is 0.317 e. The minimum Gasteiger partial charge on any atom is -0.317 e. The molecule has 1 saturated heterocycles. The number of nitrogens with one attached hydrogen (secondary N) is 1. The van der Waals surface area contributed by atoms with Crippen molar-refractivity contribution in [1.29, 1.82) is 0 Å². The van der Waals surface area contributed by atoms with Crippen molar-refractivity contribution in [2.45, 2.75) is 25.4 Å². The van der Waals surface area contributed by atoms with E-state index in [1.165, 1.54) is 36.9 Å². The molecular weight excluding hydrogens is 270 g/mol. The lowest BCUT2D eigenvalue weighted by molar-refractivity contribution is 0.194. The number of fused-ring (bicyclic) bond motifs is 1. The summed E-state index contributed by atoms with van der Waals surface area (Å²) < 4.78 is 0. The highest BCUT2D eigenvalue weighted by Crippen LogP contribution is 2.16. The van der Waals surface area contributed by atoms with Crippen molar-refractivity contribution in [2.24, 2.45) is 0 Å². The molecule has 0 amide bonds. The summed E-state index contributed by atoms with van der Waals surface area (Å²) in [6, 6.07) is 11.3. The van der Waals surface area contributed by atoms with Gasteiger partial charge in [0.2, 0.25) is 0 Å². The third-order valence-electron chi connectivity index (χ3n) is 4.05. The fourth-order valence-electron chi connectivity index (χ4n) is 2.84. The van der Waals surface area contributed by atoms with Crippen molar-refractivity contribution in [3.05, 3.63) is 42.1 Å². The molecule has 4 heteroatoms. The van der Waals surface area contributed by atoms with Gasteiger partial charge in [-0.2, -0.15) is 0 Å². The van der Waals surface area contributed by atoms with E-state index in [-0.39, 0.29) is 12.4 Å². The molecule has 2 aromatic rings. The van der Waals surface area contributed by atoms with Crippen LogP contribution in [0.3, 0.4) is 0 Å². The average Bonchev–Trinajstić information content (AvgIpc) is 2.48. The second-order valence-electron chi connectivity index (χ2n) is 5.38. The summed E-state index contributed by atoms with van der Waals surface area (Å²) in [5, 5.41) is 4.61. The number of halogens is 1. The van der Waals surface area contributed by atoms with Gasteiger partial charge in [0.05, 0.1) is 5.52 Å². The summed E-state index contributed by atoms with van der Waals surface area (Å²) in [6.07, 6.45) is 4.52. The number of rotatable bonds is 3. The van der Waals surface area contributed by atoms with E-state index in [2.05, 4.69) is 46.5 Å². The maximum Gasteiger partial charge on any atom is 0.0702 e. The van der Waals surface area contributed by atoms with Gasteiger partial charge in [-0.05, 0) is 50.7 Å².